The van der Waals surface area contributed by atoms with Gasteiger partial charge in [0.2, 0.25) is 6.67 Å². The topological polar surface area (TPSA) is 86.3 Å². The fraction of sp³-hybridized carbons (Fsp3) is 1.00. The number of nitro groups is 2. The summed E-state index contributed by atoms with van der Waals surface area (Å²) < 4.78 is 11.3. The van der Waals surface area contributed by atoms with Gasteiger partial charge < -0.3 is 0 Å². The summed E-state index contributed by atoms with van der Waals surface area (Å²) in [5.41, 5.74) is 0. The zero-order valence-corrected chi connectivity index (χ0v) is 4.19. The Labute approximate surface area is 48.6 Å². The van der Waals surface area contributed by atoms with E-state index in [1.165, 1.54) is 0 Å². The van der Waals surface area contributed by atoms with Crippen LogP contribution in [0.25, 0.3) is 0 Å². The van der Waals surface area contributed by atoms with E-state index in [1.807, 2.05) is 0 Å². The van der Waals surface area contributed by atoms with Gasteiger partial charge in [-0.25, -0.2) is 4.39 Å². The van der Waals surface area contributed by atoms with Gasteiger partial charge in [-0.05, 0) is 0 Å². The van der Waals surface area contributed by atoms with Crippen LogP contribution in [0.3, 0.4) is 0 Å². The zero-order valence-electron chi connectivity index (χ0n) is 4.19. The van der Waals surface area contributed by atoms with E-state index in [-0.39, 0.29) is 0 Å². The third kappa shape index (κ3) is 1.98. The van der Waals surface area contributed by atoms with Gasteiger partial charge in [-0.2, -0.15) is 0 Å². The summed E-state index contributed by atoms with van der Waals surface area (Å²) in [6.07, 6.45) is -2.30. The Hall–Kier alpha value is -1.27. The van der Waals surface area contributed by atoms with Crippen LogP contribution in [0, 0.1) is 20.2 Å². The van der Waals surface area contributed by atoms with Crippen molar-refractivity contribution in [3.05, 3.63) is 20.2 Å². The van der Waals surface area contributed by atoms with Gasteiger partial charge in [0, 0.05) is 0 Å². The van der Waals surface area contributed by atoms with Crippen molar-refractivity contribution in [1.82, 2.24) is 0 Å². The van der Waals surface area contributed by atoms with Crippen molar-refractivity contribution in [2.45, 2.75) is 6.17 Å². The van der Waals surface area contributed by atoms with E-state index in [1.54, 1.807) is 0 Å². The molecule has 6 nitrogen and oxygen atoms in total. The maximum absolute atomic E-state index is 11.3. The van der Waals surface area contributed by atoms with Gasteiger partial charge in [0.25, 0.3) is 0 Å². The molecule has 0 aliphatic carbocycles. The highest BCUT2D eigenvalue weighted by atomic mass is 19.1. The van der Waals surface area contributed by atoms with Crippen LogP contribution >= 0.6 is 0 Å². The van der Waals surface area contributed by atoms with Crippen LogP contribution in [-0.2, 0) is 0 Å². The van der Waals surface area contributed by atoms with Crippen LogP contribution < -0.4 is 0 Å². The van der Waals surface area contributed by atoms with Crippen molar-refractivity contribution >= 4 is 0 Å². The number of hydrogen-bond donors (Lipinski definition) is 0. The van der Waals surface area contributed by atoms with Gasteiger partial charge in [0.1, 0.15) is 0 Å². The van der Waals surface area contributed by atoms with E-state index >= 15 is 0 Å². The van der Waals surface area contributed by atoms with Crippen LogP contribution in [0.4, 0.5) is 4.39 Å². The van der Waals surface area contributed by atoms with Crippen molar-refractivity contribution in [3.8, 4) is 0 Å². The quantitative estimate of drug-likeness (QED) is 0.308. The van der Waals surface area contributed by atoms with E-state index in [0.29, 0.717) is 0 Å². The molecule has 0 spiro atoms. The third-order valence-corrected chi connectivity index (χ3v) is 0.625. The normalized spacial score (nSPS) is 9.56. The van der Waals surface area contributed by atoms with Gasteiger partial charge in [-0.3, -0.25) is 20.2 Å². The molecule has 7 heteroatoms. The molecule has 52 valence electrons. The lowest BCUT2D eigenvalue weighted by molar-refractivity contribution is -0.742. The average molecular weight is 138 g/mol. The van der Waals surface area contributed by atoms with Gasteiger partial charge >= 0.3 is 6.17 Å². The maximum Gasteiger partial charge on any atom is 0.478 e. The molecule has 0 aromatic heterocycles. The first-order valence-electron chi connectivity index (χ1n) is 1.92. The third-order valence-electron chi connectivity index (χ3n) is 0.625. The minimum absolute atomic E-state index is 1.28. The Morgan fingerprint density at radius 1 is 1.33 bits per heavy atom. The second-order valence-electron chi connectivity index (χ2n) is 1.21. The summed E-state index contributed by atoms with van der Waals surface area (Å²) >= 11 is 0. The molecule has 0 heterocycles. The molecule has 0 radical (unpaired) electrons. The first-order chi connectivity index (χ1) is 4.09. The summed E-state index contributed by atoms with van der Waals surface area (Å²) in [7, 11) is 0. The largest absolute Gasteiger partial charge is 0.478 e. The van der Waals surface area contributed by atoms with Gasteiger partial charge in [-0.15, -0.1) is 0 Å². The van der Waals surface area contributed by atoms with E-state index in [0.717, 1.165) is 0 Å². The predicted molar refractivity (Wildman–Crippen MR) is 23.8 cm³/mol. The van der Waals surface area contributed by atoms with Crippen molar-refractivity contribution in [2.24, 2.45) is 0 Å². The van der Waals surface area contributed by atoms with Crippen molar-refractivity contribution in [1.29, 1.82) is 0 Å². The highest BCUT2D eigenvalue weighted by Gasteiger charge is 2.31. The van der Waals surface area contributed by atoms with E-state index in [9.17, 15) is 24.6 Å². The van der Waals surface area contributed by atoms with Gasteiger partial charge in [-0.1, -0.05) is 0 Å². The fourth-order valence-electron chi connectivity index (χ4n) is 0.190. The summed E-state index contributed by atoms with van der Waals surface area (Å²) in [6.45, 7) is -1.57. The van der Waals surface area contributed by atoms with Crippen molar-refractivity contribution < 1.29 is 14.2 Å². The lowest BCUT2D eigenvalue weighted by Crippen LogP contribution is -2.30. The minimum atomic E-state index is -2.30. The number of alkyl halides is 1. The average Bonchev–Trinajstić information content (AvgIpc) is 1.64. The Kier molecular flexibility index (Phi) is 2.49. The monoisotopic (exact) mass is 138 g/mol. The minimum Gasteiger partial charge on any atom is -0.258 e. The summed E-state index contributed by atoms with van der Waals surface area (Å²) in [5.74, 6) is 0. The van der Waals surface area contributed by atoms with E-state index < -0.39 is 22.7 Å². The second-order valence-corrected chi connectivity index (χ2v) is 1.21. The molecule has 0 atom stereocenters. The number of rotatable bonds is 3. The fourth-order valence-corrected chi connectivity index (χ4v) is 0.190. The SMILES string of the molecule is O=[N+]([O-])C(CF)[N+](=O)[O-]. The van der Waals surface area contributed by atoms with Crippen LogP contribution in [0.15, 0.2) is 0 Å². The van der Waals surface area contributed by atoms with Gasteiger partial charge in [0.05, 0.1) is 9.85 Å². The molecule has 0 rings (SSSR count). The molecule has 0 aromatic carbocycles. The molecule has 0 bridgehead atoms. The Balaban J connectivity index is 3.99. The molecule has 0 amide bonds. The smallest absolute Gasteiger partial charge is 0.258 e. The maximum atomic E-state index is 11.3. The van der Waals surface area contributed by atoms with E-state index in [4.69, 9.17) is 0 Å². The molecule has 0 unspecified atom stereocenters. The molecule has 0 aliphatic rings. The molecule has 0 N–H and O–H groups in total. The van der Waals surface area contributed by atoms with Crippen LogP contribution in [0.1, 0.15) is 0 Å². The molecule has 0 fully saturated rings. The lowest BCUT2D eigenvalue weighted by atomic mass is 10.6. The van der Waals surface area contributed by atoms with E-state index in [2.05, 4.69) is 0 Å². The first kappa shape index (κ1) is 7.73. The first-order valence-corrected chi connectivity index (χ1v) is 1.92. The zero-order chi connectivity index (χ0) is 7.44. The van der Waals surface area contributed by atoms with Gasteiger partial charge in [0.15, 0.2) is 0 Å². The van der Waals surface area contributed by atoms with Crippen LogP contribution in [0.5, 0.6) is 0 Å². The van der Waals surface area contributed by atoms with Crippen molar-refractivity contribution in [2.75, 3.05) is 6.67 Å². The highest BCUT2D eigenvalue weighted by Crippen LogP contribution is 1.90. The molecule has 9 heavy (non-hydrogen) atoms. The second kappa shape index (κ2) is 2.90. The number of nitrogens with zero attached hydrogens (tertiary/aromatic N) is 2. The summed E-state index contributed by atoms with van der Waals surface area (Å²) in [6, 6.07) is 0. The number of halogens is 1. The Bertz CT molecular complexity index is 123. The Morgan fingerprint density at radius 3 is 1.67 bits per heavy atom. The molecule has 0 aromatic rings. The highest BCUT2D eigenvalue weighted by molar-refractivity contribution is 4.33. The molecule has 0 saturated carbocycles. The summed E-state index contributed by atoms with van der Waals surface area (Å²) in [4.78, 5) is 16.4. The standard InChI is InChI=1S/C2H3FN2O4/c3-1-2(4(6)7)5(8)9/h2H,1H2. The molecule has 0 saturated heterocycles. The molecular weight excluding hydrogens is 135 g/mol. The predicted octanol–water partition coefficient (Wildman–Crippen LogP) is -0.165. The number of hydrogen-bond acceptors (Lipinski definition) is 4. The van der Waals surface area contributed by atoms with Crippen LogP contribution in [-0.4, -0.2) is 22.7 Å². The summed E-state index contributed by atoms with van der Waals surface area (Å²) in [5, 5.41) is 19.0. The lowest BCUT2D eigenvalue weighted by Gasteiger charge is -1.93. The molecule has 0 aliphatic heterocycles. The van der Waals surface area contributed by atoms with Crippen molar-refractivity contribution in [3.63, 3.8) is 0 Å². The Morgan fingerprint density at radius 2 is 1.67 bits per heavy atom. The van der Waals surface area contributed by atoms with Crippen LogP contribution in [0.2, 0.25) is 0 Å². The molecular formula is C2H3FN2O4.